The summed E-state index contributed by atoms with van der Waals surface area (Å²) >= 11 is 0. The molecule has 0 bridgehead atoms. The minimum absolute atomic E-state index is 0.132. The van der Waals surface area contributed by atoms with E-state index in [9.17, 15) is 26.4 Å². The smallest absolute Gasteiger partial charge is 0.475 e. The lowest BCUT2D eigenvalue weighted by Crippen LogP contribution is -2.38. The van der Waals surface area contributed by atoms with E-state index in [1.165, 1.54) is 37.9 Å². The molecule has 2 aromatic carbocycles. The Morgan fingerprint density at radius 3 is 2.14 bits per heavy atom. The third-order valence-electron chi connectivity index (χ3n) is 8.12. The molecule has 0 aliphatic carbocycles. The number of hydrogen-bond acceptors (Lipinski definition) is 5. The van der Waals surface area contributed by atoms with Crippen LogP contribution in [-0.2, 0) is 21.4 Å². The van der Waals surface area contributed by atoms with E-state index >= 15 is 0 Å². The van der Waals surface area contributed by atoms with Crippen molar-refractivity contribution in [3.63, 3.8) is 0 Å². The summed E-state index contributed by atoms with van der Waals surface area (Å²) in [4.78, 5) is 27.1. The Bertz CT molecular complexity index is 1540. The second-order valence-electron chi connectivity index (χ2n) is 11.0. The Morgan fingerprint density at radius 1 is 1.00 bits per heavy atom. The summed E-state index contributed by atoms with van der Waals surface area (Å²) in [6.45, 7) is 6.04. The molecule has 3 heterocycles. The van der Waals surface area contributed by atoms with Crippen molar-refractivity contribution in [1.82, 2.24) is 14.2 Å². The van der Waals surface area contributed by atoms with Gasteiger partial charge in [-0.05, 0) is 86.0 Å². The lowest BCUT2D eigenvalue weighted by Gasteiger charge is -2.31. The van der Waals surface area contributed by atoms with Gasteiger partial charge in [-0.2, -0.15) is 13.2 Å². The van der Waals surface area contributed by atoms with Gasteiger partial charge >= 0.3 is 12.1 Å². The average molecular weight is 623 g/mol. The van der Waals surface area contributed by atoms with E-state index in [-0.39, 0.29) is 11.7 Å². The van der Waals surface area contributed by atoms with E-state index in [4.69, 9.17) is 15.6 Å². The Balaban J connectivity index is 0.000000541. The van der Waals surface area contributed by atoms with Crippen LogP contribution in [0.2, 0.25) is 0 Å². The van der Waals surface area contributed by atoms with Crippen molar-refractivity contribution >= 4 is 32.8 Å². The van der Waals surface area contributed by atoms with Gasteiger partial charge in [-0.3, -0.25) is 9.69 Å². The number of nitrogens with zero attached hydrogens (tertiary/aromatic N) is 2. The van der Waals surface area contributed by atoms with E-state index in [2.05, 4.69) is 40.2 Å². The Morgan fingerprint density at radius 2 is 1.60 bits per heavy atom. The molecule has 2 fully saturated rings. The van der Waals surface area contributed by atoms with Gasteiger partial charge in [-0.15, -0.1) is 0 Å². The first-order valence-corrected chi connectivity index (χ1v) is 16.0. The van der Waals surface area contributed by atoms with Gasteiger partial charge < -0.3 is 15.8 Å². The van der Waals surface area contributed by atoms with Crippen molar-refractivity contribution < 1.29 is 36.3 Å². The fourth-order valence-electron chi connectivity index (χ4n) is 5.76. The number of H-pyrrole nitrogens is 1. The number of rotatable bonds is 7. The number of amides is 1. The number of aromatic amines is 1. The van der Waals surface area contributed by atoms with Crippen LogP contribution in [0, 0.1) is 0 Å². The third kappa shape index (κ3) is 7.95. The molecule has 0 saturated carbocycles. The molecule has 13 heteroatoms. The Kier molecular flexibility index (Phi) is 10.2. The van der Waals surface area contributed by atoms with Crippen molar-refractivity contribution in [3.8, 4) is 11.1 Å². The zero-order valence-electron chi connectivity index (χ0n) is 24.0. The second kappa shape index (κ2) is 13.5. The number of aromatic nitrogens is 1. The molecule has 0 radical (unpaired) electrons. The maximum Gasteiger partial charge on any atom is 0.490 e. The van der Waals surface area contributed by atoms with Crippen LogP contribution >= 0.6 is 0 Å². The number of carbonyl (C=O) groups is 2. The first-order valence-electron chi connectivity index (χ1n) is 14.3. The highest BCUT2D eigenvalue weighted by atomic mass is 32.2. The fourth-order valence-corrected chi connectivity index (χ4v) is 6.89. The maximum absolute atomic E-state index is 12.4. The van der Waals surface area contributed by atoms with Crippen LogP contribution in [0.25, 0.3) is 22.0 Å². The molecule has 0 atom stereocenters. The molecule has 43 heavy (non-hydrogen) atoms. The summed E-state index contributed by atoms with van der Waals surface area (Å²) in [7, 11) is -3.17. The topological polar surface area (TPSA) is 137 Å². The van der Waals surface area contributed by atoms with Crippen LogP contribution in [0.5, 0.6) is 0 Å². The van der Waals surface area contributed by atoms with Gasteiger partial charge in [-0.1, -0.05) is 30.7 Å². The number of carboxylic acids is 1. The van der Waals surface area contributed by atoms with Crippen molar-refractivity contribution in [2.75, 3.05) is 31.9 Å². The number of aliphatic carboxylic acids is 1. The largest absolute Gasteiger partial charge is 0.490 e. The maximum atomic E-state index is 12.4. The number of fused-ring (bicyclic) bond motifs is 1. The first-order chi connectivity index (χ1) is 20.3. The average Bonchev–Trinajstić information content (AvgIpc) is 3.41. The van der Waals surface area contributed by atoms with Gasteiger partial charge in [0.25, 0.3) is 5.91 Å². The third-order valence-corrected chi connectivity index (χ3v) is 10.0. The highest BCUT2D eigenvalue weighted by molar-refractivity contribution is 7.89. The molecular formula is C30H37F3N4O5S. The summed E-state index contributed by atoms with van der Waals surface area (Å²) in [5.41, 5.74) is 11.5. The number of sulfonamides is 1. The molecule has 1 amide bonds. The predicted octanol–water partition coefficient (Wildman–Crippen LogP) is 5.08. The number of carboxylic acid groups (broad SMARTS) is 1. The van der Waals surface area contributed by atoms with E-state index in [1.54, 1.807) is 11.2 Å². The van der Waals surface area contributed by atoms with E-state index in [0.717, 1.165) is 47.0 Å². The highest BCUT2D eigenvalue weighted by Crippen LogP contribution is 2.37. The van der Waals surface area contributed by atoms with E-state index in [0.29, 0.717) is 18.7 Å². The zero-order chi connectivity index (χ0) is 31.4. The van der Waals surface area contributed by atoms with Crippen LogP contribution in [-0.4, -0.2) is 77.7 Å². The van der Waals surface area contributed by atoms with E-state index in [1.807, 2.05) is 12.3 Å². The minimum atomic E-state index is -5.08. The molecular weight excluding hydrogens is 585 g/mol. The Labute approximate surface area is 248 Å². The van der Waals surface area contributed by atoms with Crippen molar-refractivity contribution in [2.45, 2.75) is 57.7 Å². The van der Waals surface area contributed by atoms with Gasteiger partial charge in [-0.25, -0.2) is 17.5 Å². The number of halogens is 3. The first kappa shape index (κ1) is 32.5. The minimum Gasteiger partial charge on any atom is -0.475 e. The second-order valence-corrected chi connectivity index (χ2v) is 13.2. The molecule has 2 aliphatic heterocycles. The SMILES string of the molecule is CCS(=O)(=O)N1CCC(c2c[nH]c3c(C(N)=O)cc(-c4ccc(CN5CCCCC5)cc4)cc23)CC1.O=C(O)C(F)(F)F. The van der Waals surface area contributed by atoms with Crippen LogP contribution in [0.4, 0.5) is 13.2 Å². The normalized spacial score (nSPS) is 17.4. The molecule has 9 nitrogen and oxygen atoms in total. The predicted molar refractivity (Wildman–Crippen MR) is 158 cm³/mol. The summed E-state index contributed by atoms with van der Waals surface area (Å²) in [6, 6.07) is 12.6. The van der Waals surface area contributed by atoms with Crippen LogP contribution in [0.3, 0.4) is 0 Å². The quantitative estimate of drug-likeness (QED) is 0.336. The number of nitrogens with one attached hydrogen (secondary N) is 1. The van der Waals surface area contributed by atoms with Crippen LogP contribution < -0.4 is 5.73 Å². The highest BCUT2D eigenvalue weighted by Gasteiger charge is 2.38. The fraction of sp³-hybridized carbons (Fsp3) is 0.467. The Hall–Kier alpha value is -3.42. The monoisotopic (exact) mass is 622 g/mol. The molecule has 234 valence electrons. The number of hydrogen-bond donors (Lipinski definition) is 3. The number of piperidine rings is 2. The van der Waals surface area contributed by atoms with Gasteiger partial charge in [0.05, 0.1) is 16.8 Å². The number of nitrogens with two attached hydrogens (primary N) is 1. The van der Waals surface area contributed by atoms with E-state index < -0.39 is 28.1 Å². The summed E-state index contributed by atoms with van der Waals surface area (Å²) in [5.74, 6) is -2.86. The number of alkyl halides is 3. The number of benzene rings is 2. The molecule has 1 aromatic heterocycles. The summed E-state index contributed by atoms with van der Waals surface area (Å²) in [5, 5.41) is 8.12. The molecule has 4 N–H and O–H groups in total. The molecule has 0 unspecified atom stereocenters. The van der Waals surface area contributed by atoms with Crippen molar-refractivity contribution in [1.29, 1.82) is 0 Å². The van der Waals surface area contributed by atoms with Gasteiger partial charge in [0.2, 0.25) is 10.0 Å². The van der Waals surface area contributed by atoms with Gasteiger partial charge in [0.15, 0.2) is 0 Å². The zero-order valence-corrected chi connectivity index (χ0v) is 24.8. The number of primary amides is 1. The molecule has 2 aliphatic rings. The number of carbonyl (C=O) groups excluding carboxylic acids is 1. The van der Waals surface area contributed by atoms with Crippen LogP contribution in [0.1, 0.15) is 66.4 Å². The standard InChI is InChI=1S/C28H36N4O3S.C2HF3O2/c1-2-36(34,35)32-14-10-22(11-15-32)26-18-30-27-24(26)16-23(17-25(27)28(29)33)21-8-6-20(7-9-21)19-31-12-4-3-5-13-31;3-2(4,5)1(6)7/h6-9,16-18,22,30H,2-5,10-15,19H2,1H3,(H2,29,33);(H,6,7). The summed E-state index contributed by atoms with van der Waals surface area (Å²) < 4.78 is 57.9. The van der Waals surface area contributed by atoms with Crippen LogP contribution in [0.15, 0.2) is 42.6 Å². The van der Waals surface area contributed by atoms with Crippen molar-refractivity contribution in [3.05, 3.63) is 59.3 Å². The molecule has 3 aromatic rings. The molecule has 5 rings (SSSR count). The molecule has 2 saturated heterocycles. The van der Waals surface area contributed by atoms with Crippen molar-refractivity contribution in [2.24, 2.45) is 5.73 Å². The summed E-state index contributed by atoms with van der Waals surface area (Å²) in [6.07, 6.45) is 2.29. The lowest BCUT2D eigenvalue weighted by atomic mass is 9.88. The van der Waals surface area contributed by atoms with Gasteiger partial charge in [0, 0.05) is 31.2 Å². The lowest BCUT2D eigenvalue weighted by molar-refractivity contribution is -0.192. The molecule has 0 spiro atoms. The number of likely N-dealkylation sites (tertiary alicyclic amines) is 1. The van der Waals surface area contributed by atoms with Gasteiger partial charge in [0.1, 0.15) is 0 Å².